The van der Waals surface area contributed by atoms with Crippen molar-refractivity contribution in [3.05, 3.63) is 0 Å². The molecule has 1 atom stereocenters. The Morgan fingerprint density at radius 1 is 1.24 bits per heavy atom. The van der Waals surface area contributed by atoms with Crippen molar-refractivity contribution in [2.24, 2.45) is 5.41 Å². The van der Waals surface area contributed by atoms with Crippen LogP contribution < -0.4 is 5.32 Å². The van der Waals surface area contributed by atoms with Crippen molar-refractivity contribution in [3.63, 3.8) is 0 Å². The van der Waals surface area contributed by atoms with Gasteiger partial charge in [-0.25, -0.2) is 9.59 Å². The normalized spacial score (nSPS) is 19.6. The SMILES string of the molecule is CN(C(=O)N[C@@H](CC(=O)O)C(=O)O)C1CCC(C)(C)CC1. The number of hydrogen-bond donors (Lipinski definition) is 3. The largest absolute Gasteiger partial charge is 0.481 e. The van der Waals surface area contributed by atoms with Crippen LogP contribution in [0.1, 0.15) is 46.0 Å². The summed E-state index contributed by atoms with van der Waals surface area (Å²) in [6.45, 7) is 4.38. The lowest BCUT2D eigenvalue weighted by atomic mass is 9.75. The van der Waals surface area contributed by atoms with Crippen molar-refractivity contribution in [1.82, 2.24) is 10.2 Å². The minimum absolute atomic E-state index is 0.0669. The fraction of sp³-hybridized carbons (Fsp3) is 0.786. The summed E-state index contributed by atoms with van der Waals surface area (Å²) in [5.41, 5.74) is 0.278. The van der Waals surface area contributed by atoms with Crippen LogP contribution in [0, 0.1) is 5.41 Å². The summed E-state index contributed by atoms with van der Waals surface area (Å²) >= 11 is 0. The van der Waals surface area contributed by atoms with Crippen LogP contribution >= 0.6 is 0 Å². The summed E-state index contributed by atoms with van der Waals surface area (Å²) in [6.07, 6.45) is 3.12. The van der Waals surface area contributed by atoms with E-state index in [-0.39, 0.29) is 11.5 Å². The molecule has 0 aromatic carbocycles. The van der Waals surface area contributed by atoms with E-state index in [4.69, 9.17) is 10.2 Å². The maximum atomic E-state index is 12.1. The molecule has 1 aliphatic carbocycles. The first kappa shape index (κ1) is 17.3. The highest BCUT2D eigenvalue weighted by Gasteiger charge is 2.32. The predicted molar refractivity (Wildman–Crippen MR) is 76.0 cm³/mol. The summed E-state index contributed by atoms with van der Waals surface area (Å²) in [5, 5.41) is 19.9. The molecule has 3 N–H and O–H groups in total. The zero-order valence-corrected chi connectivity index (χ0v) is 12.8. The van der Waals surface area contributed by atoms with Gasteiger partial charge >= 0.3 is 18.0 Å². The number of urea groups is 1. The molecule has 1 rings (SSSR count). The van der Waals surface area contributed by atoms with Crippen LogP contribution in [0.4, 0.5) is 4.79 Å². The second-order valence-electron chi connectivity index (χ2n) is 6.44. The third-order valence-corrected chi connectivity index (χ3v) is 4.15. The van der Waals surface area contributed by atoms with Gasteiger partial charge in [0.15, 0.2) is 0 Å². The van der Waals surface area contributed by atoms with Crippen LogP contribution in [-0.4, -0.2) is 52.2 Å². The molecule has 1 fully saturated rings. The monoisotopic (exact) mass is 300 g/mol. The highest BCUT2D eigenvalue weighted by atomic mass is 16.4. The van der Waals surface area contributed by atoms with Gasteiger partial charge in [0.2, 0.25) is 0 Å². The van der Waals surface area contributed by atoms with Crippen molar-refractivity contribution >= 4 is 18.0 Å². The minimum Gasteiger partial charge on any atom is -0.481 e. The van der Waals surface area contributed by atoms with Gasteiger partial charge in [0.1, 0.15) is 6.04 Å². The molecule has 0 radical (unpaired) electrons. The number of nitrogens with zero attached hydrogens (tertiary/aromatic N) is 1. The lowest BCUT2D eigenvalue weighted by Crippen LogP contribution is -2.51. The van der Waals surface area contributed by atoms with Gasteiger partial charge in [-0.05, 0) is 31.1 Å². The predicted octanol–water partition coefficient (Wildman–Crippen LogP) is 1.52. The first-order chi connectivity index (χ1) is 9.62. The zero-order chi connectivity index (χ0) is 16.2. The van der Waals surface area contributed by atoms with Gasteiger partial charge in [0.05, 0.1) is 6.42 Å². The van der Waals surface area contributed by atoms with Crippen molar-refractivity contribution in [2.45, 2.75) is 58.0 Å². The van der Waals surface area contributed by atoms with Gasteiger partial charge in [0, 0.05) is 13.1 Å². The molecule has 1 aliphatic rings. The van der Waals surface area contributed by atoms with Crippen LogP contribution in [0.25, 0.3) is 0 Å². The molecule has 120 valence electrons. The summed E-state index contributed by atoms with van der Waals surface area (Å²) < 4.78 is 0. The Morgan fingerprint density at radius 2 is 1.76 bits per heavy atom. The molecule has 0 aliphatic heterocycles. The molecule has 0 bridgehead atoms. The third kappa shape index (κ3) is 5.24. The Hall–Kier alpha value is -1.79. The zero-order valence-electron chi connectivity index (χ0n) is 12.8. The third-order valence-electron chi connectivity index (χ3n) is 4.15. The number of nitrogens with one attached hydrogen (secondary N) is 1. The fourth-order valence-corrected chi connectivity index (χ4v) is 2.56. The molecular formula is C14H24N2O5. The average molecular weight is 300 g/mol. The number of carboxylic acids is 2. The number of aliphatic carboxylic acids is 2. The van der Waals surface area contributed by atoms with E-state index in [2.05, 4.69) is 19.2 Å². The van der Waals surface area contributed by atoms with Crippen LogP contribution in [0.5, 0.6) is 0 Å². The first-order valence-electron chi connectivity index (χ1n) is 7.10. The molecule has 21 heavy (non-hydrogen) atoms. The first-order valence-corrected chi connectivity index (χ1v) is 7.10. The molecule has 0 saturated heterocycles. The lowest BCUT2D eigenvalue weighted by molar-refractivity contribution is -0.145. The highest BCUT2D eigenvalue weighted by molar-refractivity contribution is 5.86. The van der Waals surface area contributed by atoms with Crippen LogP contribution in [0.15, 0.2) is 0 Å². The molecule has 0 spiro atoms. The molecule has 2 amide bonds. The van der Waals surface area contributed by atoms with E-state index >= 15 is 0 Å². The Morgan fingerprint density at radius 3 is 2.19 bits per heavy atom. The van der Waals surface area contributed by atoms with Crippen molar-refractivity contribution in [2.75, 3.05) is 7.05 Å². The Labute approximate surface area is 124 Å². The van der Waals surface area contributed by atoms with Gasteiger partial charge in [-0.3, -0.25) is 4.79 Å². The summed E-state index contributed by atoms with van der Waals surface area (Å²) in [7, 11) is 1.62. The molecule has 0 aromatic rings. The standard InChI is InChI=1S/C14H24N2O5/c1-14(2)6-4-9(5-7-14)16(3)13(21)15-10(12(19)20)8-11(17)18/h9-10H,4-8H2,1-3H3,(H,15,21)(H,17,18)(H,19,20)/t10-/m0/s1. The van der Waals surface area contributed by atoms with Gasteiger partial charge in [0.25, 0.3) is 0 Å². The number of hydrogen-bond acceptors (Lipinski definition) is 3. The summed E-state index contributed by atoms with van der Waals surface area (Å²) in [5.74, 6) is -2.60. The number of rotatable bonds is 5. The van der Waals surface area contributed by atoms with E-state index in [1.54, 1.807) is 7.05 Å². The maximum absolute atomic E-state index is 12.1. The molecule has 7 nitrogen and oxygen atoms in total. The Balaban J connectivity index is 2.57. The van der Waals surface area contributed by atoms with E-state index < -0.39 is 30.4 Å². The van der Waals surface area contributed by atoms with E-state index in [0.29, 0.717) is 0 Å². The second-order valence-corrected chi connectivity index (χ2v) is 6.44. The summed E-state index contributed by atoms with van der Waals surface area (Å²) in [6, 6.07) is -1.87. The number of amides is 2. The van der Waals surface area contributed by atoms with E-state index in [1.165, 1.54) is 4.90 Å². The fourth-order valence-electron chi connectivity index (χ4n) is 2.56. The van der Waals surface area contributed by atoms with E-state index in [1.807, 2.05) is 0 Å². The molecule has 0 heterocycles. The number of carbonyl (C=O) groups excluding carboxylic acids is 1. The quantitative estimate of drug-likeness (QED) is 0.713. The van der Waals surface area contributed by atoms with Crippen LogP contribution in [0.2, 0.25) is 0 Å². The highest BCUT2D eigenvalue weighted by Crippen LogP contribution is 2.36. The van der Waals surface area contributed by atoms with Crippen LogP contribution in [-0.2, 0) is 9.59 Å². The second kappa shape index (κ2) is 6.78. The van der Waals surface area contributed by atoms with Gasteiger partial charge < -0.3 is 20.4 Å². The van der Waals surface area contributed by atoms with E-state index in [9.17, 15) is 14.4 Å². The van der Waals surface area contributed by atoms with Crippen molar-refractivity contribution < 1.29 is 24.6 Å². The molecule has 0 aromatic heterocycles. The summed E-state index contributed by atoms with van der Waals surface area (Å²) in [4.78, 5) is 35.1. The number of carbonyl (C=O) groups is 3. The minimum atomic E-state index is -1.41. The average Bonchev–Trinajstić information content (AvgIpc) is 2.36. The Bertz CT molecular complexity index is 412. The van der Waals surface area contributed by atoms with Crippen molar-refractivity contribution in [1.29, 1.82) is 0 Å². The molecular weight excluding hydrogens is 276 g/mol. The van der Waals surface area contributed by atoms with Gasteiger partial charge in [-0.1, -0.05) is 13.8 Å². The van der Waals surface area contributed by atoms with Crippen LogP contribution in [0.3, 0.4) is 0 Å². The smallest absolute Gasteiger partial charge is 0.326 e. The van der Waals surface area contributed by atoms with Gasteiger partial charge in [-0.2, -0.15) is 0 Å². The van der Waals surface area contributed by atoms with Crippen molar-refractivity contribution in [3.8, 4) is 0 Å². The van der Waals surface area contributed by atoms with E-state index in [0.717, 1.165) is 25.7 Å². The topological polar surface area (TPSA) is 107 Å². The lowest BCUT2D eigenvalue weighted by Gasteiger charge is -2.38. The van der Waals surface area contributed by atoms with Gasteiger partial charge in [-0.15, -0.1) is 0 Å². The Kier molecular flexibility index (Phi) is 5.57. The molecule has 1 saturated carbocycles. The number of carboxylic acid groups (broad SMARTS) is 2. The molecule has 0 unspecified atom stereocenters. The maximum Gasteiger partial charge on any atom is 0.326 e. The molecule has 7 heteroatoms.